The van der Waals surface area contributed by atoms with E-state index in [0.29, 0.717) is 13.2 Å². The van der Waals surface area contributed by atoms with Crippen molar-refractivity contribution in [1.82, 2.24) is 15.5 Å². The molecule has 0 aliphatic heterocycles. The standard InChI is InChI=1S/C18H24N4O2/c1-12-15(13(2)22-21-12)16(19)17(23)20-10-18(8-9-18)11-24-14-6-4-3-5-7-14/h3-7,16H,8-11,19H2,1-2H3,(H,20,23)(H,21,22)/t16-/m0/s1. The Morgan fingerprint density at radius 3 is 2.67 bits per heavy atom. The number of carbonyl (C=O) groups excluding carboxylic acids is 1. The highest BCUT2D eigenvalue weighted by Crippen LogP contribution is 2.45. The van der Waals surface area contributed by atoms with Gasteiger partial charge in [0.1, 0.15) is 11.8 Å². The van der Waals surface area contributed by atoms with Gasteiger partial charge in [0.05, 0.1) is 12.3 Å². The smallest absolute Gasteiger partial charge is 0.241 e. The van der Waals surface area contributed by atoms with Crippen LogP contribution in [0.3, 0.4) is 0 Å². The molecule has 0 radical (unpaired) electrons. The number of H-pyrrole nitrogens is 1. The Hall–Kier alpha value is -2.34. The molecule has 0 unspecified atom stereocenters. The number of rotatable bonds is 7. The predicted octanol–water partition coefficient (Wildman–Crippen LogP) is 2.00. The zero-order valence-electron chi connectivity index (χ0n) is 14.1. The van der Waals surface area contributed by atoms with E-state index < -0.39 is 6.04 Å². The van der Waals surface area contributed by atoms with Gasteiger partial charge in [0.2, 0.25) is 5.91 Å². The number of aromatic nitrogens is 2. The third-order valence-corrected chi connectivity index (χ3v) is 4.66. The fraction of sp³-hybridized carbons (Fsp3) is 0.444. The van der Waals surface area contributed by atoms with Crippen LogP contribution in [0.15, 0.2) is 30.3 Å². The minimum absolute atomic E-state index is 0.0334. The maximum atomic E-state index is 12.4. The molecule has 0 saturated heterocycles. The van der Waals surface area contributed by atoms with Crippen molar-refractivity contribution in [1.29, 1.82) is 0 Å². The first-order valence-electron chi connectivity index (χ1n) is 8.23. The highest BCUT2D eigenvalue weighted by atomic mass is 16.5. The van der Waals surface area contributed by atoms with E-state index in [1.807, 2.05) is 44.2 Å². The molecule has 0 bridgehead atoms. The van der Waals surface area contributed by atoms with Crippen LogP contribution < -0.4 is 15.8 Å². The van der Waals surface area contributed by atoms with Crippen LogP contribution in [-0.4, -0.2) is 29.3 Å². The molecule has 128 valence electrons. The molecule has 2 aromatic rings. The zero-order valence-corrected chi connectivity index (χ0v) is 14.1. The van der Waals surface area contributed by atoms with Crippen LogP contribution in [0.5, 0.6) is 5.75 Å². The number of amides is 1. The van der Waals surface area contributed by atoms with E-state index in [2.05, 4.69) is 15.5 Å². The lowest BCUT2D eigenvalue weighted by molar-refractivity contribution is -0.122. The molecule has 4 N–H and O–H groups in total. The quantitative estimate of drug-likeness (QED) is 0.725. The van der Waals surface area contributed by atoms with E-state index in [9.17, 15) is 4.79 Å². The van der Waals surface area contributed by atoms with Gasteiger partial charge in [0.25, 0.3) is 0 Å². The Morgan fingerprint density at radius 2 is 2.08 bits per heavy atom. The lowest BCUT2D eigenvalue weighted by atomic mass is 10.0. The summed E-state index contributed by atoms with van der Waals surface area (Å²) in [6.07, 6.45) is 2.11. The van der Waals surface area contributed by atoms with Gasteiger partial charge in [-0.05, 0) is 38.8 Å². The summed E-state index contributed by atoms with van der Waals surface area (Å²) >= 11 is 0. The highest BCUT2D eigenvalue weighted by Gasteiger charge is 2.44. The second kappa shape index (κ2) is 6.65. The van der Waals surface area contributed by atoms with Gasteiger partial charge in [0, 0.05) is 23.2 Å². The Labute approximate surface area is 141 Å². The van der Waals surface area contributed by atoms with E-state index in [0.717, 1.165) is 35.5 Å². The first-order valence-corrected chi connectivity index (χ1v) is 8.23. The van der Waals surface area contributed by atoms with Gasteiger partial charge < -0.3 is 15.8 Å². The third kappa shape index (κ3) is 3.59. The van der Waals surface area contributed by atoms with Gasteiger partial charge in [0.15, 0.2) is 0 Å². The summed E-state index contributed by atoms with van der Waals surface area (Å²) in [5.41, 5.74) is 8.51. The molecule has 6 nitrogen and oxygen atoms in total. The number of hydrogen-bond donors (Lipinski definition) is 3. The second-order valence-electron chi connectivity index (χ2n) is 6.64. The first kappa shape index (κ1) is 16.5. The van der Waals surface area contributed by atoms with Crippen molar-refractivity contribution in [2.24, 2.45) is 11.1 Å². The van der Waals surface area contributed by atoms with Gasteiger partial charge in [-0.25, -0.2) is 0 Å². The summed E-state index contributed by atoms with van der Waals surface area (Å²) < 4.78 is 5.84. The summed E-state index contributed by atoms with van der Waals surface area (Å²) in [5, 5.41) is 9.94. The molecule has 3 rings (SSSR count). The van der Waals surface area contributed by atoms with E-state index >= 15 is 0 Å². The maximum Gasteiger partial charge on any atom is 0.241 e. The molecule has 1 aliphatic carbocycles. The number of aromatic amines is 1. The number of nitrogens with zero attached hydrogens (tertiary/aromatic N) is 1. The van der Waals surface area contributed by atoms with Crippen LogP contribution in [0.2, 0.25) is 0 Å². The topological polar surface area (TPSA) is 93.0 Å². The molecule has 1 atom stereocenters. The molecule has 1 heterocycles. The van der Waals surface area contributed by atoms with Crippen LogP contribution in [0.4, 0.5) is 0 Å². The molecule has 1 aliphatic rings. The van der Waals surface area contributed by atoms with Gasteiger partial charge in [-0.1, -0.05) is 18.2 Å². The number of aryl methyl sites for hydroxylation is 2. The Bertz CT molecular complexity index is 688. The first-order chi connectivity index (χ1) is 11.5. The fourth-order valence-corrected chi connectivity index (χ4v) is 2.84. The number of ether oxygens (including phenoxy) is 1. The average molecular weight is 328 g/mol. The molecule has 1 aromatic heterocycles. The predicted molar refractivity (Wildman–Crippen MR) is 91.6 cm³/mol. The van der Waals surface area contributed by atoms with E-state index in [1.54, 1.807) is 0 Å². The second-order valence-corrected chi connectivity index (χ2v) is 6.64. The lowest BCUT2D eigenvalue weighted by Crippen LogP contribution is -2.39. The number of nitrogens with two attached hydrogens (primary N) is 1. The molecular weight excluding hydrogens is 304 g/mol. The van der Waals surface area contributed by atoms with Gasteiger partial charge in [-0.2, -0.15) is 5.10 Å². The van der Waals surface area contributed by atoms with E-state index in [4.69, 9.17) is 10.5 Å². The van der Waals surface area contributed by atoms with E-state index in [1.165, 1.54) is 0 Å². The molecular formula is C18H24N4O2. The molecule has 1 amide bonds. The molecule has 1 aromatic carbocycles. The zero-order chi connectivity index (χ0) is 17.2. The third-order valence-electron chi connectivity index (χ3n) is 4.66. The van der Waals surface area contributed by atoms with Crippen molar-refractivity contribution < 1.29 is 9.53 Å². The van der Waals surface area contributed by atoms with Crippen molar-refractivity contribution in [3.8, 4) is 5.75 Å². The molecule has 6 heteroatoms. The van der Waals surface area contributed by atoms with E-state index in [-0.39, 0.29) is 11.3 Å². The largest absolute Gasteiger partial charge is 0.493 e. The van der Waals surface area contributed by atoms with Gasteiger partial charge in [-0.15, -0.1) is 0 Å². The summed E-state index contributed by atoms with van der Waals surface area (Å²) in [6, 6.07) is 9.04. The normalized spacial score (nSPS) is 16.5. The van der Waals surface area contributed by atoms with Crippen molar-refractivity contribution in [3.63, 3.8) is 0 Å². The summed E-state index contributed by atoms with van der Waals surface area (Å²) in [6.45, 7) is 4.92. The number of hydrogen-bond acceptors (Lipinski definition) is 4. The maximum absolute atomic E-state index is 12.4. The Balaban J connectivity index is 1.52. The number of carbonyl (C=O) groups is 1. The molecule has 1 fully saturated rings. The SMILES string of the molecule is Cc1n[nH]c(C)c1[C@H](N)C(=O)NCC1(COc2ccccc2)CC1. The summed E-state index contributed by atoms with van der Waals surface area (Å²) in [4.78, 5) is 12.4. The van der Waals surface area contributed by atoms with Crippen LogP contribution in [0.25, 0.3) is 0 Å². The van der Waals surface area contributed by atoms with Crippen molar-refractivity contribution >= 4 is 5.91 Å². The Morgan fingerprint density at radius 1 is 1.38 bits per heavy atom. The van der Waals surface area contributed by atoms with Gasteiger partial charge >= 0.3 is 0 Å². The molecule has 0 spiro atoms. The minimum atomic E-state index is -0.699. The fourth-order valence-electron chi connectivity index (χ4n) is 2.84. The monoisotopic (exact) mass is 328 g/mol. The molecule has 1 saturated carbocycles. The van der Waals surface area contributed by atoms with Crippen molar-refractivity contribution in [3.05, 3.63) is 47.3 Å². The number of para-hydroxylation sites is 1. The van der Waals surface area contributed by atoms with Crippen molar-refractivity contribution in [2.75, 3.05) is 13.2 Å². The number of benzene rings is 1. The van der Waals surface area contributed by atoms with Crippen LogP contribution >= 0.6 is 0 Å². The summed E-state index contributed by atoms with van der Waals surface area (Å²) in [5.74, 6) is 0.685. The lowest BCUT2D eigenvalue weighted by Gasteiger charge is -2.19. The van der Waals surface area contributed by atoms with Gasteiger partial charge in [-0.3, -0.25) is 9.89 Å². The average Bonchev–Trinajstić information content (AvgIpc) is 3.29. The highest BCUT2D eigenvalue weighted by molar-refractivity contribution is 5.83. The van der Waals surface area contributed by atoms with Crippen LogP contribution in [0.1, 0.15) is 35.8 Å². The molecule has 24 heavy (non-hydrogen) atoms. The Kier molecular flexibility index (Phi) is 4.57. The summed E-state index contributed by atoms with van der Waals surface area (Å²) in [7, 11) is 0. The number of nitrogens with one attached hydrogen (secondary N) is 2. The minimum Gasteiger partial charge on any atom is -0.493 e. The van der Waals surface area contributed by atoms with Crippen molar-refractivity contribution in [2.45, 2.75) is 32.7 Å². The van der Waals surface area contributed by atoms with Crippen LogP contribution in [0, 0.1) is 19.3 Å². The van der Waals surface area contributed by atoms with Crippen LogP contribution in [-0.2, 0) is 4.79 Å².